The maximum Gasteiger partial charge on any atom is 0.243 e. The first kappa shape index (κ1) is 15.8. The molecule has 0 aliphatic heterocycles. The molecule has 114 valence electrons. The van der Waals surface area contributed by atoms with E-state index in [0.717, 1.165) is 11.3 Å². The molecular formula is C18H20N2O2. The second-order valence-electron chi connectivity index (χ2n) is 5.22. The van der Waals surface area contributed by atoms with Gasteiger partial charge in [-0.15, -0.1) is 0 Å². The summed E-state index contributed by atoms with van der Waals surface area (Å²) in [5.74, 6) is -0.523. The lowest BCUT2D eigenvalue weighted by atomic mass is 10.0. The fraction of sp³-hybridized carbons (Fsp3) is 0.222. The van der Waals surface area contributed by atoms with Gasteiger partial charge in [0.1, 0.15) is 0 Å². The molecule has 0 aromatic heterocycles. The third-order valence-electron chi connectivity index (χ3n) is 3.31. The number of nitrogens with one attached hydrogen (secondary N) is 2. The summed E-state index contributed by atoms with van der Waals surface area (Å²) in [5.41, 5.74) is 1.83. The van der Waals surface area contributed by atoms with Crippen LogP contribution in [0.5, 0.6) is 0 Å². The number of hydrogen-bond acceptors (Lipinski definition) is 2. The zero-order valence-electron chi connectivity index (χ0n) is 12.6. The van der Waals surface area contributed by atoms with Crippen LogP contribution in [0.1, 0.15) is 12.5 Å². The first-order chi connectivity index (χ1) is 10.6. The lowest BCUT2D eigenvalue weighted by Gasteiger charge is -2.12. The normalized spacial score (nSPS) is 11.5. The molecule has 0 spiro atoms. The molecule has 0 fully saturated rings. The highest BCUT2D eigenvalue weighted by Gasteiger charge is 2.14. The molecule has 2 amide bonds. The molecule has 1 atom stereocenters. The summed E-state index contributed by atoms with van der Waals surface area (Å²) in [7, 11) is 0. The zero-order valence-corrected chi connectivity index (χ0v) is 12.6. The van der Waals surface area contributed by atoms with E-state index in [1.54, 1.807) is 12.1 Å². The van der Waals surface area contributed by atoms with Crippen molar-refractivity contribution in [2.75, 3.05) is 11.9 Å². The number of rotatable bonds is 6. The number of para-hydroxylation sites is 1. The lowest BCUT2D eigenvalue weighted by molar-refractivity contribution is -0.126. The molecule has 22 heavy (non-hydrogen) atoms. The Hall–Kier alpha value is -2.62. The molecule has 0 saturated heterocycles. The second kappa shape index (κ2) is 7.98. The van der Waals surface area contributed by atoms with E-state index in [9.17, 15) is 9.59 Å². The average molecular weight is 296 g/mol. The van der Waals surface area contributed by atoms with Gasteiger partial charge < -0.3 is 10.6 Å². The van der Waals surface area contributed by atoms with Crippen molar-refractivity contribution in [3.8, 4) is 0 Å². The van der Waals surface area contributed by atoms with Crippen LogP contribution in [0, 0.1) is 5.92 Å². The third kappa shape index (κ3) is 5.05. The molecule has 2 aromatic carbocycles. The number of carbonyl (C=O) groups excluding carboxylic acids is 2. The van der Waals surface area contributed by atoms with Gasteiger partial charge in [-0.2, -0.15) is 0 Å². The van der Waals surface area contributed by atoms with Crippen LogP contribution in [0.2, 0.25) is 0 Å². The number of amides is 2. The summed E-state index contributed by atoms with van der Waals surface area (Å²) >= 11 is 0. The molecule has 0 aliphatic rings. The lowest BCUT2D eigenvalue weighted by Crippen LogP contribution is -2.36. The first-order valence-corrected chi connectivity index (χ1v) is 7.31. The Balaban J connectivity index is 1.76. The Morgan fingerprint density at radius 1 is 0.955 bits per heavy atom. The first-order valence-electron chi connectivity index (χ1n) is 7.31. The van der Waals surface area contributed by atoms with E-state index in [4.69, 9.17) is 0 Å². The van der Waals surface area contributed by atoms with Gasteiger partial charge >= 0.3 is 0 Å². The Kier molecular flexibility index (Phi) is 5.72. The van der Waals surface area contributed by atoms with Gasteiger partial charge in [0.25, 0.3) is 0 Å². The molecule has 4 heteroatoms. The minimum absolute atomic E-state index is 0.0210. The van der Waals surface area contributed by atoms with Gasteiger partial charge in [0.2, 0.25) is 11.8 Å². The van der Waals surface area contributed by atoms with Gasteiger partial charge in [0.15, 0.2) is 0 Å². The van der Waals surface area contributed by atoms with Crippen molar-refractivity contribution in [1.82, 2.24) is 5.32 Å². The van der Waals surface area contributed by atoms with E-state index < -0.39 is 0 Å². The fourth-order valence-electron chi connectivity index (χ4n) is 2.13. The van der Waals surface area contributed by atoms with Crippen molar-refractivity contribution in [2.45, 2.75) is 13.3 Å². The summed E-state index contributed by atoms with van der Waals surface area (Å²) in [6.07, 6.45) is 0.660. The van der Waals surface area contributed by atoms with Crippen LogP contribution in [-0.2, 0) is 16.0 Å². The minimum atomic E-state index is -0.230. The molecule has 1 unspecified atom stereocenters. The summed E-state index contributed by atoms with van der Waals surface area (Å²) in [6.45, 7) is 1.84. The van der Waals surface area contributed by atoms with Gasteiger partial charge in [-0.3, -0.25) is 9.59 Å². The van der Waals surface area contributed by atoms with E-state index in [1.807, 2.05) is 55.5 Å². The van der Waals surface area contributed by atoms with E-state index in [0.29, 0.717) is 6.42 Å². The molecule has 4 nitrogen and oxygen atoms in total. The van der Waals surface area contributed by atoms with Crippen LogP contribution in [0.3, 0.4) is 0 Å². The van der Waals surface area contributed by atoms with Crippen LogP contribution < -0.4 is 10.6 Å². The van der Waals surface area contributed by atoms with Gasteiger partial charge in [-0.1, -0.05) is 55.5 Å². The number of hydrogen-bond donors (Lipinski definition) is 2. The van der Waals surface area contributed by atoms with E-state index in [1.165, 1.54) is 0 Å². The number of anilines is 1. The Bertz CT molecular complexity index is 611. The second-order valence-corrected chi connectivity index (χ2v) is 5.22. The Morgan fingerprint density at radius 3 is 2.18 bits per heavy atom. The molecule has 0 bridgehead atoms. The quantitative estimate of drug-likeness (QED) is 0.861. The van der Waals surface area contributed by atoms with Gasteiger partial charge in [0.05, 0.1) is 6.54 Å². The molecule has 2 aromatic rings. The third-order valence-corrected chi connectivity index (χ3v) is 3.31. The summed E-state index contributed by atoms with van der Waals surface area (Å²) < 4.78 is 0. The summed E-state index contributed by atoms with van der Waals surface area (Å²) in [4.78, 5) is 23.8. The Morgan fingerprint density at radius 2 is 1.55 bits per heavy atom. The van der Waals surface area contributed by atoms with Crippen molar-refractivity contribution >= 4 is 17.5 Å². The van der Waals surface area contributed by atoms with Crippen molar-refractivity contribution in [3.05, 3.63) is 66.2 Å². The topological polar surface area (TPSA) is 58.2 Å². The number of benzene rings is 2. The average Bonchev–Trinajstić information content (AvgIpc) is 2.54. The van der Waals surface area contributed by atoms with Crippen LogP contribution in [0.25, 0.3) is 0 Å². The molecule has 0 heterocycles. The van der Waals surface area contributed by atoms with Crippen molar-refractivity contribution in [3.63, 3.8) is 0 Å². The highest BCUT2D eigenvalue weighted by Crippen LogP contribution is 2.08. The highest BCUT2D eigenvalue weighted by atomic mass is 16.2. The predicted molar refractivity (Wildman–Crippen MR) is 87.4 cm³/mol. The van der Waals surface area contributed by atoms with E-state index in [-0.39, 0.29) is 24.3 Å². The number of carbonyl (C=O) groups is 2. The largest absolute Gasteiger partial charge is 0.347 e. The minimum Gasteiger partial charge on any atom is -0.347 e. The highest BCUT2D eigenvalue weighted by molar-refractivity contribution is 5.94. The van der Waals surface area contributed by atoms with Crippen LogP contribution in [0.4, 0.5) is 5.69 Å². The smallest absolute Gasteiger partial charge is 0.243 e. The summed E-state index contributed by atoms with van der Waals surface area (Å²) in [5, 5.41) is 5.40. The van der Waals surface area contributed by atoms with E-state index in [2.05, 4.69) is 10.6 Å². The maximum atomic E-state index is 12.0. The molecule has 0 radical (unpaired) electrons. The fourth-order valence-corrected chi connectivity index (χ4v) is 2.13. The molecule has 2 N–H and O–H groups in total. The van der Waals surface area contributed by atoms with Crippen LogP contribution >= 0.6 is 0 Å². The van der Waals surface area contributed by atoms with Crippen molar-refractivity contribution in [1.29, 1.82) is 0 Å². The van der Waals surface area contributed by atoms with Crippen LogP contribution in [-0.4, -0.2) is 18.4 Å². The van der Waals surface area contributed by atoms with Crippen LogP contribution in [0.15, 0.2) is 60.7 Å². The zero-order chi connectivity index (χ0) is 15.8. The van der Waals surface area contributed by atoms with Gasteiger partial charge in [-0.05, 0) is 24.1 Å². The molecule has 0 saturated carbocycles. The van der Waals surface area contributed by atoms with Gasteiger partial charge in [0, 0.05) is 11.6 Å². The summed E-state index contributed by atoms with van der Waals surface area (Å²) in [6, 6.07) is 19.0. The molecule has 0 aliphatic carbocycles. The standard InChI is InChI=1S/C18H20N2O2/c1-14(12-15-8-4-2-5-9-15)18(22)19-13-17(21)20-16-10-6-3-7-11-16/h2-11,14H,12-13H2,1H3,(H,19,22)(H,20,21). The Labute approximate surface area is 130 Å². The van der Waals surface area contributed by atoms with Crippen molar-refractivity contribution in [2.24, 2.45) is 5.92 Å². The van der Waals surface area contributed by atoms with Gasteiger partial charge in [-0.25, -0.2) is 0 Å². The predicted octanol–water partition coefficient (Wildman–Crippen LogP) is 2.62. The molecule has 2 rings (SSSR count). The maximum absolute atomic E-state index is 12.0. The molecular weight excluding hydrogens is 276 g/mol. The van der Waals surface area contributed by atoms with E-state index >= 15 is 0 Å². The monoisotopic (exact) mass is 296 g/mol. The van der Waals surface area contributed by atoms with Crippen molar-refractivity contribution < 1.29 is 9.59 Å². The SMILES string of the molecule is CC(Cc1ccccc1)C(=O)NCC(=O)Nc1ccccc1.